The molecule has 0 aliphatic rings. The van der Waals surface area contributed by atoms with Gasteiger partial charge in [-0.05, 0) is 22.3 Å². The zero-order valence-electron chi connectivity index (χ0n) is 16.8. The highest BCUT2D eigenvalue weighted by Crippen LogP contribution is 2.29. The molecule has 0 spiro atoms. The summed E-state index contributed by atoms with van der Waals surface area (Å²) in [5, 5.41) is 13.4. The van der Waals surface area contributed by atoms with Gasteiger partial charge < -0.3 is 4.42 Å². The number of thioether (sulfide) groups is 1. The third-order valence-electron chi connectivity index (χ3n) is 4.94. The first-order chi connectivity index (χ1) is 15.3. The second-order valence-electron chi connectivity index (χ2n) is 7.07. The summed E-state index contributed by atoms with van der Waals surface area (Å²) in [7, 11) is 0. The molecule has 31 heavy (non-hydrogen) atoms. The van der Waals surface area contributed by atoms with E-state index in [1.54, 1.807) is 11.8 Å². The van der Waals surface area contributed by atoms with Crippen LogP contribution in [0.2, 0.25) is 0 Å². The fraction of sp³-hybridized carbons (Fsp3) is 0.0800. The van der Waals surface area contributed by atoms with Crippen molar-refractivity contribution >= 4 is 11.8 Å². The fourth-order valence-corrected chi connectivity index (χ4v) is 4.20. The molecule has 152 valence electrons. The zero-order chi connectivity index (χ0) is 20.9. The SMILES string of the molecule is c1ccc(-c2cnn(Cc3nnc(SCc4ccccc4-c4ccccc4)o3)c2)cc1. The summed E-state index contributed by atoms with van der Waals surface area (Å²) < 4.78 is 7.66. The molecule has 0 aliphatic heterocycles. The first-order valence-corrected chi connectivity index (χ1v) is 11.0. The van der Waals surface area contributed by atoms with Crippen LogP contribution in [0, 0.1) is 0 Å². The minimum Gasteiger partial charge on any atom is -0.414 e. The summed E-state index contributed by atoms with van der Waals surface area (Å²) in [5.41, 5.74) is 5.86. The molecule has 0 bridgehead atoms. The fourth-order valence-electron chi connectivity index (χ4n) is 3.41. The topological polar surface area (TPSA) is 56.7 Å². The summed E-state index contributed by atoms with van der Waals surface area (Å²) in [6, 6.07) is 29.0. The van der Waals surface area contributed by atoms with Gasteiger partial charge in [0.2, 0.25) is 5.89 Å². The maximum absolute atomic E-state index is 5.85. The van der Waals surface area contributed by atoms with Crippen LogP contribution in [-0.4, -0.2) is 20.0 Å². The molecule has 0 aliphatic carbocycles. The molecule has 0 saturated carbocycles. The first kappa shape index (κ1) is 19.3. The Labute approximate surface area is 184 Å². The molecular weight excluding hydrogens is 404 g/mol. The molecule has 0 atom stereocenters. The average molecular weight is 425 g/mol. The van der Waals surface area contributed by atoms with Crippen molar-refractivity contribution in [1.29, 1.82) is 0 Å². The first-order valence-electron chi connectivity index (χ1n) is 10.0. The number of nitrogens with zero attached hydrogens (tertiary/aromatic N) is 4. The lowest BCUT2D eigenvalue weighted by atomic mass is 10.0. The molecule has 2 aromatic heterocycles. The van der Waals surface area contributed by atoms with E-state index in [9.17, 15) is 0 Å². The van der Waals surface area contributed by atoms with E-state index >= 15 is 0 Å². The van der Waals surface area contributed by atoms with Gasteiger partial charge >= 0.3 is 0 Å². The Morgan fingerprint density at radius 1 is 0.742 bits per heavy atom. The number of aromatic nitrogens is 4. The minimum absolute atomic E-state index is 0.445. The largest absolute Gasteiger partial charge is 0.414 e. The molecule has 0 amide bonds. The lowest BCUT2D eigenvalue weighted by Crippen LogP contribution is -1.99. The smallest absolute Gasteiger partial charge is 0.276 e. The third kappa shape index (κ3) is 4.59. The Kier molecular flexibility index (Phi) is 5.62. The molecule has 0 N–H and O–H groups in total. The quantitative estimate of drug-likeness (QED) is 0.303. The molecule has 5 rings (SSSR count). The monoisotopic (exact) mass is 424 g/mol. The van der Waals surface area contributed by atoms with Crippen LogP contribution in [0.15, 0.2) is 107 Å². The highest BCUT2D eigenvalue weighted by molar-refractivity contribution is 7.98. The van der Waals surface area contributed by atoms with Crippen LogP contribution < -0.4 is 0 Å². The molecule has 0 fully saturated rings. The Balaban J connectivity index is 1.25. The maximum Gasteiger partial charge on any atom is 0.276 e. The number of hydrogen-bond acceptors (Lipinski definition) is 5. The van der Waals surface area contributed by atoms with E-state index in [0.29, 0.717) is 17.7 Å². The summed E-state index contributed by atoms with van der Waals surface area (Å²) in [6.45, 7) is 0.445. The molecule has 0 saturated heterocycles. The van der Waals surface area contributed by atoms with E-state index in [0.717, 1.165) is 16.9 Å². The number of benzene rings is 3. The predicted molar refractivity (Wildman–Crippen MR) is 123 cm³/mol. The van der Waals surface area contributed by atoms with E-state index < -0.39 is 0 Å². The van der Waals surface area contributed by atoms with E-state index in [-0.39, 0.29) is 0 Å². The van der Waals surface area contributed by atoms with Crippen LogP contribution in [0.4, 0.5) is 0 Å². The number of hydrogen-bond donors (Lipinski definition) is 0. The van der Waals surface area contributed by atoms with Gasteiger partial charge in [0.05, 0.1) is 6.20 Å². The summed E-state index contributed by atoms with van der Waals surface area (Å²) >= 11 is 1.55. The van der Waals surface area contributed by atoms with Gasteiger partial charge in [-0.1, -0.05) is 96.7 Å². The Morgan fingerprint density at radius 3 is 2.26 bits per heavy atom. The third-order valence-corrected chi connectivity index (χ3v) is 5.81. The molecule has 0 unspecified atom stereocenters. The minimum atomic E-state index is 0.445. The summed E-state index contributed by atoms with van der Waals surface area (Å²) in [6.07, 6.45) is 3.84. The lowest BCUT2D eigenvalue weighted by molar-refractivity contribution is 0.398. The zero-order valence-corrected chi connectivity index (χ0v) is 17.6. The molecular formula is C25H20N4OS. The second kappa shape index (κ2) is 9.02. The molecule has 0 radical (unpaired) electrons. The van der Waals surface area contributed by atoms with Crippen LogP contribution in [0.5, 0.6) is 0 Å². The standard InChI is InChI=1S/C25H20N4OS/c1-3-9-19(10-4-1)22-15-26-29(16-22)17-24-27-28-25(30-24)31-18-21-13-7-8-14-23(21)20-11-5-2-6-12-20/h1-16H,17-18H2. The van der Waals surface area contributed by atoms with Gasteiger partial charge in [-0.15, -0.1) is 10.2 Å². The van der Waals surface area contributed by atoms with Gasteiger partial charge in [0.15, 0.2) is 0 Å². The molecule has 6 heteroatoms. The van der Waals surface area contributed by atoms with Crippen molar-refractivity contribution in [2.45, 2.75) is 17.5 Å². The van der Waals surface area contributed by atoms with Crippen molar-refractivity contribution in [3.63, 3.8) is 0 Å². The molecule has 5 nitrogen and oxygen atoms in total. The van der Waals surface area contributed by atoms with E-state index in [2.05, 4.69) is 76.0 Å². The molecule has 3 aromatic carbocycles. The maximum atomic E-state index is 5.85. The van der Waals surface area contributed by atoms with Crippen LogP contribution in [0.25, 0.3) is 22.3 Å². The highest BCUT2D eigenvalue weighted by atomic mass is 32.2. The van der Waals surface area contributed by atoms with E-state index in [1.807, 2.05) is 41.3 Å². The summed E-state index contributed by atoms with van der Waals surface area (Å²) in [5.74, 6) is 1.30. The van der Waals surface area contributed by atoms with Gasteiger partial charge in [0, 0.05) is 17.5 Å². The second-order valence-corrected chi connectivity index (χ2v) is 7.99. The van der Waals surface area contributed by atoms with Gasteiger partial charge in [-0.3, -0.25) is 4.68 Å². The lowest BCUT2D eigenvalue weighted by Gasteiger charge is -2.08. The van der Waals surface area contributed by atoms with Crippen molar-refractivity contribution in [3.8, 4) is 22.3 Å². The van der Waals surface area contributed by atoms with Crippen molar-refractivity contribution < 1.29 is 4.42 Å². The Bertz CT molecular complexity index is 1260. The van der Waals surface area contributed by atoms with Crippen molar-refractivity contribution in [3.05, 3.63) is 109 Å². The van der Waals surface area contributed by atoms with Crippen molar-refractivity contribution in [1.82, 2.24) is 20.0 Å². The highest BCUT2D eigenvalue weighted by Gasteiger charge is 2.11. The predicted octanol–water partition coefficient (Wildman–Crippen LogP) is 5.94. The molecule has 2 heterocycles. The van der Waals surface area contributed by atoms with Gasteiger partial charge in [0.1, 0.15) is 6.54 Å². The summed E-state index contributed by atoms with van der Waals surface area (Å²) in [4.78, 5) is 0. The average Bonchev–Trinajstić information content (AvgIpc) is 3.49. The van der Waals surface area contributed by atoms with E-state index in [4.69, 9.17) is 4.42 Å². The van der Waals surface area contributed by atoms with Crippen LogP contribution in [-0.2, 0) is 12.3 Å². The van der Waals surface area contributed by atoms with Gasteiger partial charge in [-0.2, -0.15) is 5.10 Å². The van der Waals surface area contributed by atoms with Crippen molar-refractivity contribution in [2.75, 3.05) is 0 Å². The van der Waals surface area contributed by atoms with Crippen molar-refractivity contribution in [2.24, 2.45) is 0 Å². The van der Waals surface area contributed by atoms with Gasteiger partial charge in [-0.25, -0.2) is 0 Å². The van der Waals surface area contributed by atoms with E-state index in [1.165, 1.54) is 16.7 Å². The normalized spacial score (nSPS) is 11.0. The molecule has 5 aromatic rings. The van der Waals surface area contributed by atoms with Crippen LogP contribution in [0.1, 0.15) is 11.5 Å². The van der Waals surface area contributed by atoms with Crippen LogP contribution in [0.3, 0.4) is 0 Å². The Morgan fingerprint density at radius 2 is 1.45 bits per heavy atom. The Hall–Kier alpha value is -3.64. The van der Waals surface area contributed by atoms with Crippen LogP contribution >= 0.6 is 11.8 Å². The van der Waals surface area contributed by atoms with Gasteiger partial charge in [0.25, 0.3) is 5.22 Å². The number of rotatable bonds is 7.